The number of hydrogen-bond acceptors (Lipinski definition) is 3. The highest BCUT2D eigenvalue weighted by Gasteiger charge is 2.41. The number of halogens is 6. The molecular weight excluding hydrogens is 310 g/mol. The minimum absolute atomic E-state index is 0.0175. The average molecular weight is 320 g/mol. The molecule has 0 fully saturated rings. The first-order chi connectivity index (χ1) is 9.18. The molecule has 0 unspecified atom stereocenters. The molecule has 1 aromatic carbocycles. The van der Waals surface area contributed by atoms with E-state index in [1.165, 1.54) is 0 Å². The summed E-state index contributed by atoms with van der Waals surface area (Å²) in [5, 5.41) is 0. The van der Waals surface area contributed by atoms with Crippen LogP contribution in [-0.2, 0) is 17.1 Å². The van der Waals surface area contributed by atoms with Gasteiger partial charge < -0.3 is 9.47 Å². The van der Waals surface area contributed by atoms with E-state index in [9.17, 15) is 26.3 Å². The summed E-state index contributed by atoms with van der Waals surface area (Å²) in [5.74, 6) is -1.26. The summed E-state index contributed by atoms with van der Waals surface area (Å²) in [6, 6.07) is 1.75. The van der Waals surface area contributed by atoms with Crippen molar-refractivity contribution in [3.63, 3.8) is 0 Å². The van der Waals surface area contributed by atoms with Gasteiger partial charge in [0.25, 0.3) is 0 Å². The fraction of sp³-hybridized carbons (Fsp3) is 0.455. The molecule has 0 bridgehead atoms. The second-order valence-electron chi connectivity index (χ2n) is 3.56. The third-order valence-corrected chi connectivity index (χ3v) is 2.37. The zero-order valence-corrected chi connectivity index (χ0v) is 10.8. The molecule has 1 rings (SSSR count). The van der Waals surface area contributed by atoms with Crippen LogP contribution in [0.25, 0.3) is 0 Å². The second-order valence-corrected chi connectivity index (χ2v) is 3.82. The van der Waals surface area contributed by atoms with Crippen LogP contribution in [0.1, 0.15) is 11.1 Å². The summed E-state index contributed by atoms with van der Waals surface area (Å²) in [6.45, 7) is -0.621. The topological polar surface area (TPSA) is 18.5 Å². The first-order valence-electron chi connectivity index (χ1n) is 5.26. The fourth-order valence-electron chi connectivity index (χ4n) is 1.41. The van der Waals surface area contributed by atoms with E-state index < -0.39 is 35.8 Å². The molecule has 0 radical (unpaired) electrons. The standard InChI is InChI=1S/C11H10F6O2S/c12-10(13,14)7-2-1-3-8(11(15,16)17)9(7)19-5-4-18-6-20/h1-3,20H,4-6H2. The van der Waals surface area contributed by atoms with Gasteiger partial charge in [0, 0.05) is 0 Å². The van der Waals surface area contributed by atoms with Crippen LogP contribution in [0, 0.1) is 0 Å². The SMILES string of the molecule is FC(F)(F)c1cccc(C(F)(F)F)c1OCCOCS. The summed E-state index contributed by atoms with van der Waals surface area (Å²) < 4.78 is 85.5. The van der Waals surface area contributed by atoms with Gasteiger partial charge in [0.15, 0.2) is 0 Å². The molecule has 114 valence electrons. The molecule has 0 heterocycles. The van der Waals surface area contributed by atoms with Gasteiger partial charge in [-0.1, -0.05) is 6.07 Å². The monoisotopic (exact) mass is 320 g/mol. The van der Waals surface area contributed by atoms with E-state index in [0.29, 0.717) is 18.2 Å². The van der Waals surface area contributed by atoms with Crippen molar-refractivity contribution >= 4 is 12.6 Å². The summed E-state index contributed by atoms with van der Waals surface area (Å²) in [5.41, 5.74) is -2.95. The van der Waals surface area contributed by atoms with Crippen molar-refractivity contribution in [2.45, 2.75) is 12.4 Å². The van der Waals surface area contributed by atoms with Crippen LogP contribution in [0.3, 0.4) is 0 Å². The van der Waals surface area contributed by atoms with Gasteiger partial charge in [0.2, 0.25) is 0 Å². The van der Waals surface area contributed by atoms with Crippen molar-refractivity contribution in [2.75, 3.05) is 19.2 Å². The van der Waals surface area contributed by atoms with Gasteiger partial charge >= 0.3 is 12.4 Å². The highest BCUT2D eigenvalue weighted by Crippen LogP contribution is 2.43. The van der Waals surface area contributed by atoms with Gasteiger partial charge in [-0.2, -0.15) is 39.0 Å². The van der Waals surface area contributed by atoms with E-state index in [1.807, 2.05) is 0 Å². The normalized spacial score (nSPS) is 12.6. The molecule has 0 saturated heterocycles. The Balaban J connectivity index is 3.13. The number of hydrogen-bond donors (Lipinski definition) is 1. The zero-order chi connectivity index (χ0) is 15.4. The van der Waals surface area contributed by atoms with Gasteiger partial charge in [0.05, 0.1) is 23.7 Å². The van der Waals surface area contributed by atoms with Crippen molar-refractivity contribution < 1.29 is 35.8 Å². The third kappa shape index (κ3) is 4.48. The Labute approximate surface area is 116 Å². The molecule has 0 saturated carbocycles. The van der Waals surface area contributed by atoms with Gasteiger partial charge in [-0.05, 0) is 12.1 Å². The van der Waals surface area contributed by atoms with Crippen molar-refractivity contribution in [2.24, 2.45) is 0 Å². The Hall–Kier alpha value is -1.09. The van der Waals surface area contributed by atoms with Gasteiger partial charge in [-0.3, -0.25) is 0 Å². The predicted octanol–water partition coefficient (Wildman–Crippen LogP) is 4.01. The molecule has 0 N–H and O–H groups in total. The van der Waals surface area contributed by atoms with Crippen molar-refractivity contribution in [1.82, 2.24) is 0 Å². The number of alkyl halides is 6. The Morgan fingerprint density at radius 2 is 1.40 bits per heavy atom. The van der Waals surface area contributed by atoms with Gasteiger partial charge in [-0.25, -0.2) is 0 Å². The van der Waals surface area contributed by atoms with E-state index in [-0.39, 0.29) is 12.5 Å². The number of ether oxygens (including phenoxy) is 2. The molecule has 0 atom stereocenters. The van der Waals surface area contributed by atoms with Gasteiger partial charge in [0.1, 0.15) is 12.4 Å². The Kier molecular flexibility index (Phi) is 5.58. The van der Waals surface area contributed by atoms with Crippen LogP contribution < -0.4 is 4.74 Å². The number of thiol groups is 1. The number of para-hydroxylation sites is 1. The Morgan fingerprint density at radius 3 is 1.80 bits per heavy atom. The van der Waals surface area contributed by atoms with E-state index >= 15 is 0 Å². The molecule has 0 aromatic heterocycles. The van der Waals surface area contributed by atoms with Gasteiger partial charge in [-0.15, -0.1) is 0 Å². The minimum atomic E-state index is -4.94. The van der Waals surface area contributed by atoms with Crippen molar-refractivity contribution in [3.8, 4) is 5.75 Å². The van der Waals surface area contributed by atoms with Crippen LogP contribution in [-0.4, -0.2) is 19.2 Å². The quantitative estimate of drug-likeness (QED) is 0.382. The minimum Gasteiger partial charge on any atom is -0.490 e. The molecule has 0 aliphatic carbocycles. The van der Waals surface area contributed by atoms with E-state index in [4.69, 9.17) is 0 Å². The molecule has 2 nitrogen and oxygen atoms in total. The van der Waals surface area contributed by atoms with Crippen LogP contribution in [0.5, 0.6) is 5.75 Å². The fourth-order valence-corrected chi connectivity index (χ4v) is 1.54. The van der Waals surface area contributed by atoms with E-state index in [2.05, 4.69) is 22.1 Å². The Morgan fingerprint density at radius 1 is 0.900 bits per heavy atom. The van der Waals surface area contributed by atoms with Crippen LogP contribution in [0.15, 0.2) is 18.2 Å². The smallest absolute Gasteiger partial charge is 0.419 e. The van der Waals surface area contributed by atoms with Crippen LogP contribution in [0.4, 0.5) is 26.3 Å². The van der Waals surface area contributed by atoms with E-state index in [0.717, 1.165) is 0 Å². The van der Waals surface area contributed by atoms with Crippen molar-refractivity contribution in [3.05, 3.63) is 29.3 Å². The lowest BCUT2D eigenvalue weighted by Crippen LogP contribution is -2.17. The molecule has 20 heavy (non-hydrogen) atoms. The second kappa shape index (κ2) is 6.57. The predicted molar refractivity (Wildman–Crippen MR) is 61.7 cm³/mol. The zero-order valence-electron chi connectivity index (χ0n) is 9.88. The number of benzene rings is 1. The average Bonchev–Trinajstić information content (AvgIpc) is 2.32. The number of rotatable bonds is 5. The molecule has 0 amide bonds. The highest BCUT2D eigenvalue weighted by atomic mass is 32.1. The molecule has 0 spiro atoms. The lowest BCUT2D eigenvalue weighted by atomic mass is 10.1. The third-order valence-electron chi connectivity index (χ3n) is 2.19. The van der Waals surface area contributed by atoms with Crippen LogP contribution in [0.2, 0.25) is 0 Å². The summed E-state index contributed by atoms with van der Waals surface area (Å²) in [7, 11) is 0. The maximum atomic E-state index is 12.7. The highest BCUT2D eigenvalue weighted by molar-refractivity contribution is 7.80. The first kappa shape index (κ1) is 17.0. The van der Waals surface area contributed by atoms with Crippen LogP contribution >= 0.6 is 12.6 Å². The summed E-state index contributed by atoms with van der Waals surface area (Å²) in [6.07, 6.45) is -9.89. The largest absolute Gasteiger partial charge is 0.490 e. The summed E-state index contributed by atoms with van der Waals surface area (Å²) in [4.78, 5) is 0. The lowest BCUT2D eigenvalue weighted by Gasteiger charge is -2.18. The molecule has 0 aliphatic heterocycles. The lowest BCUT2D eigenvalue weighted by molar-refractivity contribution is -0.145. The first-order valence-corrected chi connectivity index (χ1v) is 5.90. The molecule has 1 aromatic rings. The maximum Gasteiger partial charge on any atom is 0.419 e. The maximum absolute atomic E-state index is 12.7. The van der Waals surface area contributed by atoms with Crippen molar-refractivity contribution in [1.29, 1.82) is 0 Å². The van der Waals surface area contributed by atoms with E-state index in [1.54, 1.807) is 0 Å². The molecule has 0 aliphatic rings. The summed E-state index contributed by atoms with van der Waals surface area (Å²) >= 11 is 3.68. The molecular formula is C11H10F6O2S. The molecule has 9 heteroatoms. The Bertz CT molecular complexity index is 411.